The molecule has 0 unspecified atom stereocenters. The molecule has 1 aromatic heterocycles. The van der Waals surface area contributed by atoms with Crippen LogP contribution in [-0.2, 0) is 4.74 Å². The number of aliphatic hydroxyl groups is 1. The number of benzene rings is 2. The zero-order chi connectivity index (χ0) is 20.3. The number of nitrogen functional groups attached to an aromatic ring is 1. The number of esters is 1. The number of halogens is 1. The van der Waals surface area contributed by atoms with Crippen LogP contribution >= 0.6 is 11.6 Å². The average molecular weight is 399 g/mol. The number of nitrogens with two attached hydrogens (primary N) is 1. The van der Waals surface area contributed by atoms with Crippen molar-refractivity contribution in [2.45, 2.75) is 0 Å². The van der Waals surface area contributed by atoms with Crippen molar-refractivity contribution in [2.24, 2.45) is 0 Å². The summed E-state index contributed by atoms with van der Waals surface area (Å²) in [5.41, 5.74) is 7.17. The van der Waals surface area contributed by atoms with Crippen molar-refractivity contribution in [3.05, 3.63) is 58.6 Å². The SMILES string of the molecule is COc1cc(N)c(Cl)cc1C(=O)OCC(O)=C(C#N)c1nc2ccccc2[nH]1. The third-order valence-electron chi connectivity index (χ3n) is 3.91. The average Bonchev–Trinajstić information content (AvgIpc) is 3.12. The molecule has 0 aliphatic heterocycles. The molecule has 3 aromatic rings. The van der Waals surface area contributed by atoms with E-state index in [0.29, 0.717) is 11.0 Å². The van der Waals surface area contributed by atoms with Crippen molar-refractivity contribution in [3.8, 4) is 11.8 Å². The summed E-state index contributed by atoms with van der Waals surface area (Å²) in [5, 5.41) is 19.8. The minimum atomic E-state index is -0.799. The molecule has 0 amide bonds. The van der Waals surface area contributed by atoms with Gasteiger partial charge in [0.15, 0.2) is 11.6 Å². The van der Waals surface area contributed by atoms with E-state index >= 15 is 0 Å². The summed E-state index contributed by atoms with van der Waals surface area (Å²) in [5.74, 6) is -0.902. The fraction of sp³-hybridized carbons (Fsp3) is 0.105. The number of carbonyl (C=O) groups excluding carboxylic acids is 1. The normalized spacial score (nSPS) is 11.6. The van der Waals surface area contributed by atoms with Crippen molar-refractivity contribution in [3.63, 3.8) is 0 Å². The van der Waals surface area contributed by atoms with Crippen LogP contribution in [0, 0.1) is 11.3 Å². The molecule has 0 fully saturated rings. The third-order valence-corrected chi connectivity index (χ3v) is 4.23. The van der Waals surface area contributed by atoms with Crippen LogP contribution in [-0.4, -0.2) is 34.8 Å². The Morgan fingerprint density at radius 2 is 2.14 bits per heavy atom. The number of imidazole rings is 1. The number of hydrogen-bond donors (Lipinski definition) is 3. The molecule has 4 N–H and O–H groups in total. The van der Waals surface area contributed by atoms with E-state index in [4.69, 9.17) is 26.8 Å². The van der Waals surface area contributed by atoms with Gasteiger partial charge in [0, 0.05) is 6.07 Å². The molecule has 0 aliphatic carbocycles. The quantitative estimate of drug-likeness (QED) is 0.259. The second-order valence-corrected chi connectivity index (χ2v) is 6.09. The van der Waals surface area contributed by atoms with Crippen LogP contribution in [0.3, 0.4) is 0 Å². The zero-order valence-electron chi connectivity index (χ0n) is 14.7. The second kappa shape index (κ2) is 7.90. The van der Waals surface area contributed by atoms with Crippen molar-refractivity contribution >= 4 is 39.9 Å². The monoisotopic (exact) mass is 398 g/mol. The van der Waals surface area contributed by atoms with Crippen LogP contribution in [0.2, 0.25) is 5.02 Å². The van der Waals surface area contributed by atoms with Crippen LogP contribution in [0.4, 0.5) is 5.69 Å². The molecule has 2 aromatic carbocycles. The molecular weight excluding hydrogens is 384 g/mol. The molecule has 8 nitrogen and oxygen atoms in total. The highest BCUT2D eigenvalue weighted by Crippen LogP contribution is 2.29. The number of fused-ring (bicyclic) bond motifs is 1. The number of nitrogens with zero attached hydrogens (tertiary/aromatic N) is 2. The van der Waals surface area contributed by atoms with Crippen LogP contribution in [0.15, 0.2) is 42.2 Å². The first-order valence-electron chi connectivity index (χ1n) is 8.02. The molecule has 0 radical (unpaired) electrons. The van der Waals surface area contributed by atoms with Crippen molar-refractivity contribution < 1.29 is 19.4 Å². The lowest BCUT2D eigenvalue weighted by Crippen LogP contribution is -2.11. The van der Waals surface area contributed by atoms with E-state index in [1.54, 1.807) is 18.2 Å². The van der Waals surface area contributed by atoms with Gasteiger partial charge in [0.2, 0.25) is 0 Å². The van der Waals surface area contributed by atoms with Gasteiger partial charge in [0.25, 0.3) is 0 Å². The summed E-state index contributed by atoms with van der Waals surface area (Å²) >= 11 is 5.94. The molecule has 0 bridgehead atoms. The van der Waals surface area contributed by atoms with E-state index in [1.165, 1.54) is 19.2 Å². The summed E-state index contributed by atoms with van der Waals surface area (Å²) < 4.78 is 10.2. The molecule has 0 aliphatic rings. The van der Waals surface area contributed by atoms with Gasteiger partial charge in [0.05, 0.1) is 28.9 Å². The van der Waals surface area contributed by atoms with Crippen molar-refractivity contribution in [2.75, 3.05) is 19.5 Å². The highest BCUT2D eigenvalue weighted by Gasteiger charge is 2.19. The number of aliphatic hydroxyl groups excluding tert-OH is 1. The van der Waals surface area contributed by atoms with Gasteiger partial charge in [-0.25, -0.2) is 9.78 Å². The summed E-state index contributed by atoms with van der Waals surface area (Å²) in [4.78, 5) is 19.5. The number of nitriles is 1. The zero-order valence-corrected chi connectivity index (χ0v) is 15.4. The Labute approximate surface area is 164 Å². The Bertz CT molecular complexity index is 1100. The van der Waals surface area contributed by atoms with E-state index in [-0.39, 0.29) is 33.4 Å². The number of aromatic nitrogens is 2. The summed E-state index contributed by atoms with van der Waals surface area (Å²) in [6.45, 7) is -0.538. The molecule has 28 heavy (non-hydrogen) atoms. The van der Waals surface area contributed by atoms with Gasteiger partial charge in [0.1, 0.15) is 29.6 Å². The molecule has 0 saturated carbocycles. The van der Waals surface area contributed by atoms with Crippen molar-refractivity contribution in [1.29, 1.82) is 5.26 Å². The molecule has 9 heteroatoms. The molecule has 3 rings (SSSR count). The highest BCUT2D eigenvalue weighted by atomic mass is 35.5. The highest BCUT2D eigenvalue weighted by molar-refractivity contribution is 6.33. The van der Waals surface area contributed by atoms with Gasteiger partial charge in [-0.3, -0.25) is 0 Å². The number of H-pyrrole nitrogens is 1. The molecule has 0 atom stereocenters. The predicted molar refractivity (Wildman–Crippen MR) is 104 cm³/mol. The molecular formula is C19H15ClN4O4. The van der Waals surface area contributed by atoms with Crippen LogP contribution < -0.4 is 10.5 Å². The van der Waals surface area contributed by atoms with Gasteiger partial charge in [-0.1, -0.05) is 23.7 Å². The number of nitrogens with one attached hydrogen (secondary N) is 1. The second-order valence-electron chi connectivity index (χ2n) is 5.69. The molecule has 0 saturated heterocycles. The lowest BCUT2D eigenvalue weighted by atomic mass is 10.2. The van der Waals surface area contributed by atoms with Gasteiger partial charge >= 0.3 is 5.97 Å². The smallest absolute Gasteiger partial charge is 0.342 e. The maximum Gasteiger partial charge on any atom is 0.342 e. The standard InChI is InChI=1S/C19H15ClN4O4/c1-27-17-7-13(22)12(20)6-10(17)19(26)28-9-16(25)11(8-21)18-23-14-4-2-3-5-15(14)24-18/h2-7,25H,9,22H2,1H3,(H,23,24). The van der Waals surface area contributed by atoms with Gasteiger partial charge in [-0.2, -0.15) is 5.26 Å². The van der Waals surface area contributed by atoms with E-state index in [9.17, 15) is 15.2 Å². The molecule has 142 valence electrons. The molecule has 1 heterocycles. The van der Waals surface area contributed by atoms with Gasteiger partial charge in [-0.15, -0.1) is 0 Å². The van der Waals surface area contributed by atoms with Crippen LogP contribution in [0.1, 0.15) is 16.2 Å². The lowest BCUT2D eigenvalue weighted by molar-refractivity contribution is 0.0499. The Balaban J connectivity index is 1.83. The number of para-hydroxylation sites is 2. The van der Waals surface area contributed by atoms with E-state index in [2.05, 4.69) is 9.97 Å². The number of carbonyl (C=O) groups is 1. The Hall–Kier alpha value is -3.70. The Morgan fingerprint density at radius 3 is 2.82 bits per heavy atom. The summed E-state index contributed by atoms with van der Waals surface area (Å²) in [7, 11) is 1.37. The number of methoxy groups -OCH3 is 1. The van der Waals surface area contributed by atoms with Crippen LogP contribution in [0.25, 0.3) is 16.6 Å². The fourth-order valence-electron chi connectivity index (χ4n) is 2.51. The van der Waals surface area contributed by atoms with Gasteiger partial charge < -0.3 is 25.3 Å². The first kappa shape index (κ1) is 19.1. The third kappa shape index (κ3) is 3.70. The fourth-order valence-corrected chi connectivity index (χ4v) is 2.67. The van der Waals surface area contributed by atoms with E-state index < -0.39 is 18.3 Å². The van der Waals surface area contributed by atoms with Gasteiger partial charge in [-0.05, 0) is 18.2 Å². The van der Waals surface area contributed by atoms with E-state index in [0.717, 1.165) is 0 Å². The Morgan fingerprint density at radius 1 is 1.39 bits per heavy atom. The molecule has 0 spiro atoms. The minimum Gasteiger partial charge on any atom is -0.507 e. The summed E-state index contributed by atoms with van der Waals surface area (Å²) in [6.07, 6.45) is 0. The largest absolute Gasteiger partial charge is 0.507 e. The van der Waals surface area contributed by atoms with E-state index in [1.807, 2.05) is 12.1 Å². The number of ether oxygens (including phenoxy) is 2. The maximum atomic E-state index is 12.3. The maximum absolute atomic E-state index is 12.3. The number of rotatable bonds is 5. The first-order chi connectivity index (χ1) is 13.4. The number of allylic oxidation sites excluding steroid dienone is 1. The number of aromatic amines is 1. The number of hydrogen-bond acceptors (Lipinski definition) is 7. The minimum absolute atomic E-state index is 0.0387. The topological polar surface area (TPSA) is 134 Å². The van der Waals surface area contributed by atoms with Crippen LogP contribution in [0.5, 0.6) is 5.75 Å². The predicted octanol–water partition coefficient (Wildman–Crippen LogP) is 3.46. The first-order valence-corrected chi connectivity index (χ1v) is 8.39. The summed E-state index contributed by atoms with van der Waals surface area (Å²) in [6, 6.07) is 11.7. The van der Waals surface area contributed by atoms with Crippen molar-refractivity contribution in [1.82, 2.24) is 9.97 Å². The Kier molecular flexibility index (Phi) is 5.38. The lowest BCUT2D eigenvalue weighted by Gasteiger charge is -2.11. The number of anilines is 1.